The van der Waals surface area contributed by atoms with Crippen molar-refractivity contribution in [3.8, 4) is 5.75 Å². The molecule has 0 aliphatic heterocycles. The van der Waals surface area contributed by atoms with Crippen molar-refractivity contribution in [2.24, 2.45) is 0 Å². The van der Waals surface area contributed by atoms with Crippen LogP contribution in [0.3, 0.4) is 0 Å². The Morgan fingerprint density at radius 1 is 1.50 bits per heavy atom. The van der Waals surface area contributed by atoms with E-state index in [4.69, 9.17) is 15.3 Å². The fraction of sp³-hybridized carbons (Fsp3) is 0.333. The van der Waals surface area contributed by atoms with E-state index in [1.54, 1.807) is 19.1 Å². The molecule has 1 aromatic rings. The Balaban J connectivity index is 2.71. The van der Waals surface area contributed by atoms with E-state index in [0.29, 0.717) is 6.61 Å². The van der Waals surface area contributed by atoms with Gasteiger partial charge in [-0.1, -0.05) is 12.1 Å². The zero-order valence-corrected chi connectivity index (χ0v) is 9.14. The SMILES string of the molecule is CCOC(=O)CC(C=N)c1ccc(O)cc1. The van der Waals surface area contributed by atoms with Gasteiger partial charge in [-0.3, -0.25) is 4.79 Å². The van der Waals surface area contributed by atoms with Crippen LogP contribution in [-0.2, 0) is 9.53 Å². The summed E-state index contributed by atoms with van der Waals surface area (Å²) < 4.78 is 4.83. The van der Waals surface area contributed by atoms with Crippen molar-refractivity contribution in [2.75, 3.05) is 6.61 Å². The fourth-order valence-electron chi connectivity index (χ4n) is 1.39. The molecule has 1 unspecified atom stereocenters. The van der Waals surface area contributed by atoms with E-state index in [9.17, 15) is 4.79 Å². The van der Waals surface area contributed by atoms with Crippen LogP contribution >= 0.6 is 0 Å². The van der Waals surface area contributed by atoms with Gasteiger partial charge in [-0.25, -0.2) is 0 Å². The first kappa shape index (κ1) is 12.2. The molecule has 4 heteroatoms. The number of ether oxygens (including phenoxy) is 1. The molecule has 2 N–H and O–H groups in total. The third kappa shape index (κ3) is 3.38. The summed E-state index contributed by atoms with van der Waals surface area (Å²) in [5.74, 6) is -0.438. The zero-order valence-electron chi connectivity index (χ0n) is 9.14. The van der Waals surface area contributed by atoms with Gasteiger partial charge in [0.15, 0.2) is 0 Å². The molecule has 1 rings (SSSR count). The molecule has 0 amide bonds. The minimum absolute atomic E-state index is 0.155. The summed E-state index contributed by atoms with van der Waals surface area (Å²) in [4.78, 5) is 11.3. The van der Waals surface area contributed by atoms with Crippen molar-refractivity contribution in [1.29, 1.82) is 5.41 Å². The summed E-state index contributed by atoms with van der Waals surface area (Å²) >= 11 is 0. The van der Waals surface area contributed by atoms with Crippen LogP contribution in [-0.4, -0.2) is 23.9 Å². The molecule has 0 fully saturated rings. The van der Waals surface area contributed by atoms with E-state index in [2.05, 4.69) is 0 Å². The Morgan fingerprint density at radius 3 is 2.62 bits per heavy atom. The van der Waals surface area contributed by atoms with Gasteiger partial charge in [0.1, 0.15) is 5.75 Å². The van der Waals surface area contributed by atoms with Crippen molar-refractivity contribution < 1.29 is 14.6 Å². The first-order valence-corrected chi connectivity index (χ1v) is 5.12. The Hall–Kier alpha value is -1.84. The van der Waals surface area contributed by atoms with Crippen molar-refractivity contribution >= 4 is 12.2 Å². The number of carbonyl (C=O) groups excluding carboxylic acids is 1. The van der Waals surface area contributed by atoms with Crippen molar-refractivity contribution in [3.05, 3.63) is 29.8 Å². The molecular formula is C12H15NO3. The minimum atomic E-state index is -0.316. The van der Waals surface area contributed by atoms with E-state index in [1.807, 2.05) is 0 Å². The van der Waals surface area contributed by atoms with Gasteiger partial charge in [0.05, 0.1) is 13.0 Å². The lowest BCUT2D eigenvalue weighted by Gasteiger charge is -2.11. The molecule has 1 atom stereocenters. The second-order valence-corrected chi connectivity index (χ2v) is 3.37. The number of rotatable bonds is 5. The monoisotopic (exact) mass is 221 g/mol. The van der Waals surface area contributed by atoms with Crippen molar-refractivity contribution in [2.45, 2.75) is 19.3 Å². The molecule has 86 valence electrons. The summed E-state index contributed by atoms with van der Waals surface area (Å²) in [5.41, 5.74) is 0.820. The summed E-state index contributed by atoms with van der Waals surface area (Å²) in [6.07, 6.45) is 1.37. The van der Waals surface area contributed by atoms with Crippen LogP contribution in [0.15, 0.2) is 24.3 Å². The molecule has 0 saturated heterocycles. The van der Waals surface area contributed by atoms with Crippen molar-refractivity contribution in [1.82, 2.24) is 0 Å². The molecule has 0 bridgehead atoms. The van der Waals surface area contributed by atoms with Gasteiger partial charge in [0.25, 0.3) is 0 Å². The van der Waals surface area contributed by atoms with E-state index < -0.39 is 0 Å². The average Bonchev–Trinajstić information content (AvgIpc) is 2.27. The Morgan fingerprint density at radius 2 is 2.12 bits per heavy atom. The summed E-state index contributed by atoms with van der Waals surface area (Å²) in [7, 11) is 0. The fourth-order valence-corrected chi connectivity index (χ4v) is 1.39. The largest absolute Gasteiger partial charge is 0.508 e. The molecule has 0 aromatic heterocycles. The number of hydrogen-bond acceptors (Lipinski definition) is 4. The third-order valence-electron chi connectivity index (χ3n) is 2.21. The van der Waals surface area contributed by atoms with Crippen LogP contribution in [0, 0.1) is 5.41 Å². The van der Waals surface area contributed by atoms with Crippen molar-refractivity contribution in [3.63, 3.8) is 0 Å². The molecule has 16 heavy (non-hydrogen) atoms. The second kappa shape index (κ2) is 5.90. The van der Waals surface area contributed by atoms with Gasteiger partial charge in [-0.2, -0.15) is 0 Å². The predicted molar refractivity (Wildman–Crippen MR) is 60.9 cm³/mol. The molecule has 0 spiro atoms. The smallest absolute Gasteiger partial charge is 0.306 e. The Kier molecular flexibility index (Phi) is 4.51. The summed E-state index contributed by atoms with van der Waals surface area (Å²) in [5, 5.41) is 16.4. The number of aromatic hydroxyl groups is 1. The number of phenolic OH excluding ortho intramolecular Hbond substituents is 1. The molecule has 0 radical (unpaired) electrons. The number of phenols is 1. The molecule has 4 nitrogen and oxygen atoms in total. The maximum Gasteiger partial charge on any atom is 0.306 e. The van der Waals surface area contributed by atoms with Gasteiger partial charge >= 0.3 is 5.97 Å². The molecule has 0 saturated carbocycles. The highest BCUT2D eigenvalue weighted by Crippen LogP contribution is 2.20. The maximum atomic E-state index is 11.3. The standard InChI is InChI=1S/C12H15NO3/c1-2-16-12(15)7-10(8-13)9-3-5-11(14)6-4-9/h3-6,8,10,13-14H,2,7H2,1H3. The molecule has 0 aliphatic rings. The maximum absolute atomic E-state index is 11.3. The number of carbonyl (C=O) groups is 1. The molecule has 1 aromatic carbocycles. The van der Waals surface area contributed by atoms with Crippen LogP contribution in [0.4, 0.5) is 0 Å². The van der Waals surface area contributed by atoms with E-state index >= 15 is 0 Å². The van der Waals surface area contributed by atoms with Crippen LogP contribution in [0.25, 0.3) is 0 Å². The molecule has 0 heterocycles. The van der Waals surface area contributed by atoms with Crippen LogP contribution in [0.2, 0.25) is 0 Å². The predicted octanol–water partition coefficient (Wildman–Crippen LogP) is 2.08. The highest BCUT2D eigenvalue weighted by atomic mass is 16.5. The van der Waals surface area contributed by atoms with Gasteiger partial charge in [-0.05, 0) is 24.6 Å². The van der Waals surface area contributed by atoms with E-state index in [0.717, 1.165) is 5.56 Å². The van der Waals surface area contributed by atoms with Gasteiger partial charge in [0.2, 0.25) is 0 Å². The Labute approximate surface area is 94.4 Å². The van der Waals surface area contributed by atoms with E-state index in [1.165, 1.54) is 18.3 Å². The quantitative estimate of drug-likeness (QED) is 0.590. The highest BCUT2D eigenvalue weighted by Gasteiger charge is 2.14. The van der Waals surface area contributed by atoms with E-state index in [-0.39, 0.29) is 24.1 Å². The summed E-state index contributed by atoms with van der Waals surface area (Å²) in [6, 6.07) is 6.47. The minimum Gasteiger partial charge on any atom is -0.508 e. The number of nitrogens with one attached hydrogen (secondary N) is 1. The van der Waals surface area contributed by atoms with Crippen LogP contribution < -0.4 is 0 Å². The number of benzene rings is 1. The summed E-state index contributed by atoms with van der Waals surface area (Å²) in [6.45, 7) is 2.09. The first-order chi connectivity index (χ1) is 7.67. The number of esters is 1. The molecule has 0 aliphatic carbocycles. The topological polar surface area (TPSA) is 70.4 Å². The first-order valence-electron chi connectivity index (χ1n) is 5.12. The highest BCUT2D eigenvalue weighted by molar-refractivity contribution is 5.77. The third-order valence-corrected chi connectivity index (χ3v) is 2.21. The van der Waals surface area contributed by atoms with Crippen LogP contribution in [0.1, 0.15) is 24.8 Å². The van der Waals surface area contributed by atoms with Crippen LogP contribution in [0.5, 0.6) is 5.75 Å². The normalized spacial score (nSPS) is 11.8. The average molecular weight is 221 g/mol. The zero-order chi connectivity index (χ0) is 12.0. The lowest BCUT2D eigenvalue weighted by molar-refractivity contribution is -0.143. The number of hydrogen-bond donors (Lipinski definition) is 2. The second-order valence-electron chi connectivity index (χ2n) is 3.37. The Bertz CT molecular complexity index is 359. The lowest BCUT2D eigenvalue weighted by Crippen LogP contribution is -2.11. The van der Waals surface area contributed by atoms with Gasteiger partial charge in [0, 0.05) is 12.1 Å². The lowest BCUT2D eigenvalue weighted by atomic mass is 9.97. The molecular weight excluding hydrogens is 206 g/mol. The van der Waals surface area contributed by atoms with Gasteiger partial charge < -0.3 is 15.3 Å². The van der Waals surface area contributed by atoms with Gasteiger partial charge in [-0.15, -0.1) is 0 Å².